The van der Waals surface area contributed by atoms with Crippen molar-refractivity contribution in [2.45, 2.75) is 43.3 Å². The van der Waals surface area contributed by atoms with E-state index in [0.29, 0.717) is 22.4 Å². The van der Waals surface area contributed by atoms with E-state index in [2.05, 4.69) is 4.74 Å². The van der Waals surface area contributed by atoms with E-state index < -0.39 is 43.5 Å². The highest BCUT2D eigenvalue weighted by Crippen LogP contribution is 2.34. The Morgan fingerprint density at radius 2 is 1.63 bits per heavy atom. The van der Waals surface area contributed by atoms with Crippen LogP contribution in [0.2, 0.25) is 0 Å². The third-order valence-electron chi connectivity index (χ3n) is 4.94. The van der Waals surface area contributed by atoms with Crippen LogP contribution in [0.3, 0.4) is 0 Å². The van der Waals surface area contributed by atoms with Crippen LogP contribution in [0, 0.1) is 0 Å². The highest BCUT2D eigenvalue weighted by atomic mass is 19.4. The van der Waals surface area contributed by atoms with Gasteiger partial charge in [-0.15, -0.1) is 13.2 Å². The van der Waals surface area contributed by atoms with Crippen LogP contribution in [0.25, 0.3) is 0 Å². The van der Waals surface area contributed by atoms with Gasteiger partial charge in [-0.1, -0.05) is 24.3 Å². The maximum absolute atomic E-state index is 12.3. The second kappa shape index (κ2) is 8.78. The largest absolute Gasteiger partial charge is 0.573 e. The molecular formula is C20H22F3NO6. The first-order valence-electron chi connectivity index (χ1n) is 9.12. The van der Waals surface area contributed by atoms with Gasteiger partial charge in [0.25, 0.3) is 0 Å². The molecule has 2 aromatic carbocycles. The zero-order valence-corrected chi connectivity index (χ0v) is 15.7. The van der Waals surface area contributed by atoms with Gasteiger partial charge in [0.1, 0.15) is 36.3 Å². The van der Waals surface area contributed by atoms with E-state index in [9.17, 15) is 33.6 Å². The fourth-order valence-corrected chi connectivity index (χ4v) is 3.36. The summed E-state index contributed by atoms with van der Waals surface area (Å²) in [6.45, 7) is -0.546. The Hall–Kier alpha value is -2.37. The van der Waals surface area contributed by atoms with E-state index in [1.807, 2.05) is 0 Å². The smallest absolute Gasteiger partial charge is 0.406 e. The van der Waals surface area contributed by atoms with Crippen molar-refractivity contribution in [2.24, 2.45) is 0 Å². The van der Waals surface area contributed by atoms with Gasteiger partial charge in [-0.2, -0.15) is 0 Å². The Morgan fingerprint density at radius 1 is 0.967 bits per heavy atom. The van der Waals surface area contributed by atoms with E-state index in [-0.39, 0.29) is 12.2 Å². The Kier molecular flexibility index (Phi) is 6.53. The molecule has 7 nitrogen and oxygen atoms in total. The van der Waals surface area contributed by atoms with Crippen molar-refractivity contribution < 1.29 is 43.1 Å². The number of nitrogens with two attached hydrogens (primary N) is 1. The standard InChI is InChI=1S/C20H22F3NO6/c21-20(22,23)30-13-4-1-10(2-5-13)7-12-8-11(3-6-14(12)24)19-18(28)17(27)16(26)15(9-25)29-19/h1-6,8,15-19,25-28H,7,9,24H2/t15-,16-,17?,18-,19+/m1/s1. The summed E-state index contributed by atoms with van der Waals surface area (Å²) in [7, 11) is 0. The SMILES string of the molecule is Nc1ccc([C@@H]2O[C@H](CO)[C@@H](O)C(O)[C@H]2O)cc1Cc1ccc(OC(F)(F)F)cc1. The molecule has 0 spiro atoms. The van der Waals surface area contributed by atoms with Crippen LogP contribution in [-0.2, 0) is 11.2 Å². The maximum atomic E-state index is 12.3. The van der Waals surface area contributed by atoms with Gasteiger partial charge in [0.15, 0.2) is 0 Å². The molecule has 10 heteroatoms. The lowest BCUT2D eigenvalue weighted by Gasteiger charge is -2.40. The summed E-state index contributed by atoms with van der Waals surface area (Å²) in [6.07, 6.45) is -11.0. The van der Waals surface area contributed by atoms with Gasteiger partial charge in [0.05, 0.1) is 6.61 Å². The maximum Gasteiger partial charge on any atom is 0.573 e. The van der Waals surface area contributed by atoms with Crippen molar-refractivity contribution in [3.63, 3.8) is 0 Å². The summed E-state index contributed by atoms with van der Waals surface area (Å²) >= 11 is 0. The van der Waals surface area contributed by atoms with Gasteiger partial charge >= 0.3 is 6.36 Å². The lowest BCUT2D eigenvalue weighted by molar-refractivity contribution is -0.274. The van der Waals surface area contributed by atoms with Crippen LogP contribution in [0.5, 0.6) is 5.75 Å². The van der Waals surface area contributed by atoms with E-state index in [1.54, 1.807) is 18.2 Å². The first-order valence-corrected chi connectivity index (χ1v) is 9.12. The van der Waals surface area contributed by atoms with Crippen LogP contribution >= 0.6 is 0 Å². The summed E-state index contributed by atoms with van der Waals surface area (Å²) < 4.78 is 46.2. The molecule has 6 N–H and O–H groups in total. The summed E-state index contributed by atoms with van der Waals surface area (Å²) in [6, 6.07) is 10.1. The molecule has 1 saturated heterocycles. The molecule has 1 aliphatic rings. The van der Waals surface area contributed by atoms with E-state index in [1.165, 1.54) is 24.3 Å². The molecular weight excluding hydrogens is 407 g/mol. The molecule has 1 unspecified atom stereocenters. The number of aliphatic hydroxyl groups excluding tert-OH is 4. The number of halogens is 3. The third kappa shape index (κ3) is 5.02. The molecule has 0 aromatic heterocycles. The minimum absolute atomic E-state index is 0.281. The first kappa shape index (κ1) is 22.3. The number of nitrogen functional groups attached to an aromatic ring is 1. The summed E-state index contributed by atoms with van der Waals surface area (Å²) in [5, 5.41) is 39.5. The van der Waals surface area contributed by atoms with Gasteiger partial charge in [-0.3, -0.25) is 0 Å². The number of alkyl halides is 3. The molecule has 0 bridgehead atoms. The quantitative estimate of drug-likeness (QED) is 0.454. The zero-order chi connectivity index (χ0) is 22.1. The normalized spacial score (nSPS) is 27.1. The fourth-order valence-electron chi connectivity index (χ4n) is 3.36. The number of rotatable bonds is 5. The number of ether oxygens (including phenoxy) is 2. The number of benzene rings is 2. The van der Waals surface area contributed by atoms with Crippen LogP contribution in [0.15, 0.2) is 42.5 Å². The van der Waals surface area contributed by atoms with Crippen molar-refractivity contribution >= 4 is 5.69 Å². The molecule has 0 radical (unpaired) electrons. The Labute approximate surface area is 170 Å². The molecule has 1 fully saturated rings. The van der Waals surface area contributed by atoms with Crippen molar-refractivity contribution in [2.75, 3.05) is 12.3 Å². The number of anilines is 1. The molecule has 1 aliphatic heterocycles. The highest BCUT2D eigenvalue weighted by molar-refractivity contribution is 5.51. The minimum atomic E-state index is -4.77. The molecule has 0 saturated carbocycles. The Balaban J connectivity index is 1.80. The molecule has 3 rings (SSSR count). The summed E-state index contributed by atoms with van der Waals surface area (Å²) in [5.74, 6) is -0.339. The summed E-state index contributed by atoms with van der Waals surface area (Å²) in [5.41, 5.74) is 8.18. The predicted octanol–water partition coefficient (Wildman–Crippen LogP) is 1.27. The molecule has 5 atom stereocenters. The molecule has 2 aromatic rings. The molecule has 164 valence electrons. The predicted molar refractivity (Wildman–Crippen MR) is 99.5 cm³/mol. The second-order valence-corrected chi connectivity index (χ2v) is 7.08. The van der Waals surface area contributed by atoms with Crippen LogP contribution in [-0.4, -0.2) is 57.8 Å². The number of hydrogen-bond acceptors (Lipinski definition) is 7. The van der Waals surface area contributed by atoms with Crippen LogP contribution < -0.4 is 10.5 Å². The number of hydrogen-bond donors (Lipinski definition) is 5. The van der Waals surface area contributed by atoms with Crippen molar-refractivity contribution in [3.05, 3.63) is 59.2 Å². The minimum Gasteiger partial charge on any atom is -0.406 e. The lowest BCUT2D eigenvalue weighted by Crippen LogP contribution is -2.55. The van der Waals surface area contributed by atoms with Gasteiger partial charge in [0.2, 0.25) is 0 Å². The van der Waals surface area contributed by atoms with Gasteiger partial charge in [0, 0.05) is 5.69 Å². The summed E-state index contributed by atoms with van der Waals surface area (Å²) in [4.78, 5) is 0. The van der Waals surface area contributed by atoms with Gasteiger partial charge in [-0.25, -0.2) is 0 Å². The average Bonchev–Trinajstić information content (AvgIpc) is 2.69. The zero-order valence-electron chi connectivity index (χ0n) is 15.7. The molecule has 30 heavy (non-hydrogen) atoms. The van der Waals surface area contributed by atoms with Crippen molar-refractivity contribution in [3.8, 4) is 5.75 Å². The highest BCUT2D eigenvalue weighted by Gasteiger charge is 2.44. The van der Waals surface area contributed by atoms with Crippen molar-refractivity contribution in [1.29, 1.82) is 0 Å². The molecule has 0 aliphatic carbocycles. The monoisotopic (exact) mass is 429 g/mol. The van der Waals surface area contributed by atoms with Crippen molar-refractivity contribution in [1.82, 2.24) is 0 Å². The topological polar surface area (TPSA) is 125 Å². The third-order valence-corrected chi connectivity index (χ3v) is 4.94. The lowest BCUT2D eigenvalue weighted by atomic mass is 9.89. The first-order chi connectivity index (χ1) is 14.1. The fraction of sp³-hybridized carbons (Fsp3) is 0.400. The Morgan fingerprint density at radius 3 is 2.23 bits per heavy atom. The van der Waals surface area contributed by atoms with Crippen LogP contribution in [0.1, 0.15) is 22.8 Å². The van der Waals surface area contributed by atoms with Crippen LogP contribution in [0.4, 0.5) is 18.9 Å². The molecule has 1 heterocycles. The Bertz CT molecular complexity index is 859. The van der Waals surface area contributed by atoms with E-state index >= 15 is 0 Å². The average molecular weight is 429 g/mol. The molecule has 0 amide bonds. The second-order valence-electron chi connectivity index (χ2n) is 7.08. The van der Waals surface area contributed by atoms with Gasteiger partial charge in [-0.05, 0) is 41.3 Å². The van der Waals surface area contributed by atoms with E-state index in [0.717, 1.165) is 0 Å². The van der Waals surface area contributed by atoms with E-state index in [4.69, 9.17) is 10.5 Å². The van der Waals surface area contributed by atoms with Gasteiger partial charge < -0.3 is 35.6 Å². The number of aliphatic hydroxyl groups is 4.